The van der Waals surface area contributed by atoms with E-state index >= 15 is 0 Å². The SMILES string of the molecule is C=CC(=O)NC(C)(C)C(=O)NCCCCCCCCCCCCCCCCCC. The fourth-order valence-electron chi connectivity index (χ4n) is 3.51. The van der Waals surface area contributed by atoms with Gasteiger partial charge < -0.3 is 10.6 Å². The molecule has 0 aromatic rings. The van der Waals surface area contributed by atoms with Gasteiger partial charge in [0.2, 0.25) is 11.8 Å². The predicted molar refractivity (Wildman–Crippen MR) is 125 cm³/mol. The molecule has 0 unspecified atom stereocenters. The summed E-state index contributed by atoms with van der Waals surface area (Å²) in [5, 5.41) is 5.56. The van der Waals surface area contributed by atoms with Crippen LogP contribution in [-0.4, -0.2) is 23.9 Å². The molecule has 0 heterocycles. The molecular weight excluding hydrogens is 360 g/mol. The van der Waals surface area contributed by atoms with Crippen LogP contribution >= 0.6 is 0 Å². The highest BCUT2D eigenvalue weighted by Gasteiger charge is 2.28. The molecule has 170 valence electrons. The highest BCUT2D eigenvalue weighted by atomic mass is 16.2. The lowest BCUT2D eigenvalue weighted by molar-refractivity contribution is -0.130. The monoisotopic (exact) mass is 408 g/mol. The van der Waals surface area contributed by atoms with Crippen LogP contribution in [0.4, 0.5) is 0 Å². The Labute approximate surface area is 180 Å². The lowest BCUT2D eigenvalue weighted by Gasteiger charge is -2.24. The molecule has 0 saturated carbocycles. The lowest BCUT2D eigenvalue weighted by atomic mass is 10.0. The molecule has 4 nitrogen and oxygen atoms in total. The summed E-state index contributed by atoms with van der Waals surface area (Å²) in [6.45, 7) is 9.77. The molecule has 0 aliphatic rings. The summed E-state index contributed by atoms with van der Waals surface area (Å²) in [4.78, 5) is 23.5. The summed E-state index contributed by atoms with van der Waals surface area (Å²) in [6.07, 6.45) is 22.7. The van der Waals surface area contributed by atoms with Gasteiger partial charge in [-0.2, -0.15) is 0 Å². The van der Waals surface area contributed by atoms with Crippen molar-refractivity contribution in [3.8, 4) is 0 Å². The number of amides is 2. The third kappa shape index (κ3) is 17.3. The van der Waals surface area contributed by atoms with E-state index < -0.39 is 5.54 Å². The van der Waals surface area contributed by atoms with Crippen LogP contribution in [0.25, 0.3) is 0 Å². The summed E-state index contributed by atoms with van der Waals surface area (Å²) in [5.41, 5.74) is -0.902. The Morgan fingerprint density at radius 3 is 1.48 bits per heavy atom. The number of hydrogen-bond donors (Lipinski definition) is 2. The van der Waals surface area contributed by atoms with E-state index in [2.05, 4.69) is 24.1 Å². The Morgan fingerprint density at radius 1 is 0.724 bits per heavy atom. The zero-order valence-corrected chi connectivity index (χ0v) is 19.6. The van der Waals surface area contributed by atoms with E-state index in [0.717, 1.165) is 12.8 Å². The smallest absolute Gasteiger partial charge is 0.245 e. The van der Waals surface area contributed by atoms with Gasteiger partial charge in [-0.15, -0.1) is 0 Å². The van der Waals surface area contributed by atoms with Gasteiger partial charge in [-0.05, 0) is 26.3 Å². The molecule has 0 aliphatic heterocycles. The summed E-state index contributed by atoms with van der Waals surface area (Å²) in [7, 11) is 0. The number of hydrogen-bond acceptors (Lipinski definition) is 2. The van der Waals surface area contributed by atoms with Gasteiger partial charge in [0.15, 0.2) is 0 Å². The normalized spacial score (nSPS) is 11.3. The van der Waals surface area contributed by atoms with Crippen molar-refractivity contribution >= 4 is 11.8 Å². The highest BCUT2D eigenvalue weighted by molar-refractivity contribution is 5.94. The van der Waals surface area contributed by atoms with Gasteiger partial charge in [0.25, 0.3) is 0 Å². The van der Waals surface area contributed by atoms with Crippen molar-refractivity contribution in [3.63, 3.8) is 0 Å². The summed E-state index contributed by atoms with van der Waals surface area (Å²) < 4.78 is 0. The van der Waals surface area contributed by atoms with Crippen LogP contribution in [0, 0.1) is 0 Å². The fourth-order valence-corrected chi connectivity index (χ4v) is 3.51. The molecule has 0 rings (SSSR count). The molecule has 2 N–H and O–H groups in total. The minimum atomic E-state index is -0.902. The number of carbonyl (C=O) groups is 2. The van der Waals surface area contributed by atoms with E-state index in [1.165, 1.54) is 96.0 Å². The van der Waals surface area contributed by atoms with E-state index in [4.69, 9.17) is 0 Å². The van der Waals surface area contributed by atoms with Crippen LogP contribution in [0.3, 0.4) is 0 Å². The number of unbranched alkanes of at least 4 members (excludes halogenated alkanes) is 15. The van der Waals surface area contributed by atoms with Crippen molar-refractivity contribution in [2.24, 2.45) is 0 Å². The van der Waals surface area contributed by atoms with Crippen molar-refractivity contribution in [2.75, 3.05) is 6.54 Å². The quantitative estimate of drug-likeness (QED) is 0.180. The van der Waals surface area contributed by atoms with Crippen molar-refractivity contribution in [3.05, 3.63) is 12.7 Å². The molecular formula is C25H48N2O2. The van der Waals surface area contributed by atoms with E-state index in [1.807, 2.05) is 0 Å². The van der Waals surface area contributed by atoms with Crippen molar-refractivity contribution < 1.29 is 9.59 Å². The van der Waals surface area contributed by atoms with Crippen LogP contribution in [0.5, 0.6) is 0 Å². The van der Waals surface area contributed by atoms with E-state index in [0.29, 0.717) is 6.54 Å². The minimum Gasteiger partial charge on any atom is -0.354 e. The number of rotatable bonds is 20. The molecule has 2 amide bonds. The Hall–Kier alpha value is -1.32. The zero-order chi connectivity index (χ0) is 21.8. The minimum absolute atomic E-state index is 0.145. The van der Waals surface area contributed by atoms with Gasteiger partial charge in [0, 0.05) is 6.54 Å². The Morgan fingerprint density at radius 2 is 1.10 bits per heavy atom. The first-order valence-corrected chi connectivity index (χ1v) is 12.2. The Bertz CT molecular complexity index is 433. The zero-order valence-electron chi connectivity index (χ0n) is 19.6. The van der Waals surface area contributed by atoms with Gasteiger partial charge in [-0.3, -0.25) is 9.59 Å². The third-order valence-electron chi connectivity index (χ3n) is 5.50. The molecule has 0 aliphatic carbocycles. The van der Waals surface area contributed by atoms with Crippen molar-refractivity contribution in [1.82, 2.24) is 10.6 Å². The highest BCUT2D eigenvalue weighted by Crippen LogP contribution is 2.13. The van der Waals surface area contributed by atoms with Gasteiger partial charge in [-0.25, -0.2) is 0 Å². The topological polar surface area (TPSA) is 58.2 Å². The standard InChI is InChI=1S/C25H48N2O2/c1-5-7-8-9-10-11-12-13-14-15-16-17-18-19-20-21-22-26-24(29)25(3,4)27-23(28)6-2/h6H,2,5,7-22H2,1,3-4H3,(H,26,29)(H,27,28). The number of nitrogens with one attached hydrogen (secondary N) is 2. The molecule has 29 heavy (non-hydrogen) atoms. The van der Waals surface area contributed by atoms with E-state index in [-0.39, 0.29) is 11.8 Å². The molecule has 0 saturated heterocycles. The molecule has 0 fully saturated rings. The predicted octanol–water partition coefficient (Wildman–Crippen LogP) is 6.44. The van der Waals surface area contributed by atoms with Gasteiger partial charge in [-0.1, -0.05) is 110 Å². The maximum Gasteiger partial charge on any atom is 0.245 e. The molecule has 0 spiro atoms. The lowest BCUT2D eigenvalue weighted by Crippen LogP contribution is -2.54. The van der Waals surface area contributed by atoms with Crippen LogP contribution in [0.1, 0.15) is 124 Å². The first-order valence-electron chi connectivity index (χ1n) is 12.2. The third-order valence-corrected chi connectivity index (χ3v) is 5.50. The van der Waals surface area contributed by atoms with Crippen LogP contribution in [0.2, 0.25) is 0 Å². The maximum atomic E-state index is 12.1. The van der Waals surface area contributed by atoms with Gasteiger partial charge >= 0.3 is 0 Å². The fraction of sp³-hybridized carbons (Fsp3) is 0.840. The number of carbonyl (C=O) groups excluding carboxylic acids is 2. The van der Waals surface area contributed by atoms with Crippen molar-refractivity contribution in [1.29, 1.82) is 0 Å². The Balaban J connectivity index is 3.36. The average Bonchev–Trinajstić information content (AvgIpc) is 2.69. The second kappa shape index (κ2) is 18.7. The molecule has 4 heteroatoms. The molecule has 0 aromatic heterocycles. The van der Waals surface area contributed by atoms with Crippen LogP contribution in [0.15, 0.2) is 12.7 Å². The van der Waals surface area contributed by atoms with E-state index in [1.54, 1.807) is 13.8 Å². The molecule has 0 bridgehead atoms. The van der Waals surface area contributed by atoms with Crippen LogP contribution < -0.4 is 10.6 Å². The summed E-state index contributed by atoms with van der Waals surface area (Å²) >= 11 is 0. The average molecular weight is 409 g/mol. The van der Waals surface area contributed by atoms with E-state index in [9.17, 15) is 9.59 Å². The first kappa shape index (κ1) is 27.7. The second-order valence-corrected chi connectivity index (χ2v) is 8.88. The van der Waals surface area contributed by atoms with Gasteiger partial charge in [0.1, 0.15) is 5.54 Å². The largest absolute Gasteiger partial charge is 0.354 e. The van der Waals surface area contributed by atoms with Crippen molar-refractivity contribution in [2.45, 2.75) is 129 Å². The summed E-state index contributed by atoms with van der Waals surface area (Å²) in [6, 6.07) is 0. The van der Waals surface area contributed by atoms with Crippen LogP contribution in [-0.2, 0) is 9.59 Å². The first-order chi connectivity index (χ1) is 13.9. The molecule has 0 aromatic carbocycles. The summed E-state index contributed by atoms with van der Waals surface area (Å²) in [5.74, 6) is -0.471. The second-order valence-electron chi connectivity index (χ2n) is 8.88. The molecule has 0 radical (unpaired) electrons. The maximum absolute atomic E-state index is 12.1. The Kier molecular flexibility index (Phi) is 17.8. The molecule has 0 atom stereocenters. The van der Waals surface area contributed by atoms with Gasteiger partial charge in [0.05, 0.1) is 0 Å².